The van der Waals surface area contributed by atoms with Crippen molar-refractivity contribution in [3.63, 3.8) is 0 Å². The number of amides is 2. The van der Waals surface area contributed by atoms with E-state index < -0.39 is 24.0 Å². The van der Waals surface area contributed by atoms with Gasteiger partial charge in [0.25, 0.3) is 0 Å². The summed E-state index contributed by atoms with van der Waals surface area (Å²) in [6.45, 7) is 7.22. The number of hydrogen-bond donors (Lipinski definition) is 1. The van der Waals surface area contributed by atoms with Gasteiger partial charge in [-0.15, -0.1) is 0 Å². The van der Waals surface area contributed by atoms with E-state index in [0.717, 1.165) is 6.42 Å². The molecule has 0 aromatic rings. The average molecular weight is 332 g/mol. The monoisotopic (exact) mass is 332 g/mol. The quantitative estimate of drug-likeness (QED) is 0.593. The van der Waals surface area contributed by atoms with Crippen molar-refractivity contribution in [1.82, 2.24) is 10.2 Å². The SMILES string of the molecule is CC(C)(C)C1=CCN(C(=O)[C@H]2CC[C@@H](C(F)(F)F)NC2=O)CC1. The molecule has 130 valence electrons. The zero-order chi connectivity index (χ0) is 17.4. The molecule has 2 heterocycles. The number of nitrogens with zero attached hydrogens (tertiary/aromatic N) is 1. The summed E-state index contributed by atoms with van der Waals surface area (Å²) >= 11 is 0. The van der Waals surface area contributed by atoms with Gasteiger partial charge in [0.15, 0.2) is 0 Å². The van der Waals surface area contributed by atoms with Crippen molar-refractivity contribution in [3.8, 4) is 0 Å². The first kappa shape index (κ1) is 17.8. The van der Waals surface area contributed by atoms with Gasteiger partial charge in [-0.05, 0) is 24.7 Å². The highest BCUT2D eigenvalue weighted by Crippen LogP contribution is 2.32. The van der Waals surface area contributed by atoms with Crippen LogP contribution in [0.3, 0.4) is 0 Å². The van der Waals surface area contributed by atoms with Crippen LogP contribution in [-0.2, 0) is 9.59 Å². The first-order valence-corrected chi connectivity index (χ1v) is 7.85. The molecule has 0 aliphatic carbocycles. The number of carbonyl (C=O) groups is 2. The summed E-state index contributed by atoms with van der Waals surface area (Å²) in [4.78, 5) is 25.9. The minimum atomic E-state index is -4.46. The van der Waals surface area contributed by atoms with Crippen molar-refractivity contribution >= 4 is 11.8 Å². The molecule has 7 heteroatoms. The zero-order valence-electron chi connectivity index (χ0n) is 13.7. The largest absolute Gasteiger partial charge is 0.408 e. The van der Waals surface area contributed by atoms with Crippen LogP contribution in [0.4, 0.5) is 13.2 Å². The molecule has 0 radical (unpaired) electrons. The lowest BCUT2D eigenvalue weighted by atomic mass is 9.82. The van der Waals surface area contributed by atoms with E-state index in [2.05, 4.69) is 20.8 Å². The Bertz CT molecular complexity index is 520. The van der Waals surface area contributed by atoms with Crippen LogP contribution in [-0.4, -0.2) is 42.0 Å². The maximum atomic E-state index is 12.6. The van der Waals surface area contributed by atoms with Gasteiger partial charge in [-0.25, -0.2) is 0 Å². The molecule has 2 aliphatic rings. The summed E-state index contributed by atoms with van der Waals surface area (Å²) in [5.74, 6) is -2.18. The highest BCUT2D eigenvalue weighted by Gasteiger charge is 2.46. The maximum absolute atomic E-state index is 12.6. The Morgan fingerprint density at radius 3 is 2.35 bits per heavy atom. The molecule has 4 nitrogen and oxygen atoms in total. The van der Waals surface area contributed by atoms with Gasteiger partial charge in [0.1, 0.15) is 12.0 Å². The molecule has 2 atom stereocenters. The third-order valence-electron chi connectivity index (χ3n) is 4.55. The molecule has 1 fully saturated rings. The molecule has 1 saturated heterocycles. The Hall–Kier alpha value is -1.53. The molecule has 0 aromatic carbocycles. The summed E-state index contributed by atoms with van der Waals surface area (Å²) < 4.78 is 37.9. The normalized spacial score (nSPS) is 26.6. The molecule has 2 aliphatic heterocycles. The van der Waals surface area contributed by atoms with Crippen LogP contribution in [0.2, 0.25) is 0 Å². The number of alkyl halides is 3. The fourth-order valence-corrected chi connectivity index (χ4v) is 3.06. The van der Waals surface area contributed by atoms with Gasteiger partial charge in [-0.3, -0.25) is 9.59 Å². The van der Waals surface area contributed by atoms with E-state index in [1.165, 1.54) is 5.57 Å². The highest BCUT2D eigenvalue weighted by molar-refractivity contribution is 6.01. The third kappa shape index (κ3) is 4.06. The topological polar surface area (TPSA) is 49.4 Å². The Morgan fingerprint density at radius 2 is 1.91 bits per heavy atom. The number of piperidine rings is 1. The fraction of sp³-hybridized carbons (Fsp3) is 0.750. The summed E-state index contributed by atoms with van der Waals surface area (Å²) in [5, 5.41) is 1.93. The number of rotatable bonds is 1. The van der Waals surface area contributed by atoms with Gasteiger partial charge < -0.3 is 10.2 Å². The minimum Gasteiger partial charge on any atom is -0.344 e. The van der Waals surface area contributed by atoms with Crippen LogP contribution in [0.15, 0.2) is 11.6 Å². The second-order valence-electron chi connectivity index (χ2n) is 7.25. The molecule has 2 amide bonds. The summed E-state index contributed by atoms with van der Waals surface area (Å²) in [7, 11) is 0. The van der Waals surface area contributed by atoms with E-state index in [4.69, 9.17) is 0 Å². The van der Waals surface area contributed by atoms with Crippen molar-refractivity contribution < 1.29 is 22.8 Å². The first-order chi connectivity index (χ1) is 10.5. The third-order valence-corrected chi connectivity index (χ3v) is 4.55. The van der Waals surface area contributed by atoms with Gasteiger partial charge in [0, 0.05) is 13.1 Å². The van der Waals surface area contributed by atoms with Crippen molar-refractivity contribution in [2.45, 2.75) is 52.3 Å². The molecule has 23 heavy (non-hydrogen) atoms. The second kappa shape index (κ2) is 6.17. The lowest BCUT2D eigenvalue weighted by Gasteiger charge is -2.36. The number of carbonyl (C=O) groups excluding carboxylic acids is 2. The van der Waals surface area contributed by atoms with E-state index in [-0.39, 0.29) is 24.2 Å². The molecule has 0 unspecified atom stereocenters. The lowest BCUT2D eigenvalue weighted by molar-refractivity contribution is -0.172. The summed E-state index contributed by atoms with van der Waals surface area (Å²) in [5.41, 5.74) is 1.30. The van der Waals surface area contributed by atoms with Crippen LogP contribution in [0, 0.1) is 11.3 Å². The molecular formula is C16H23F3N2O2. The number of halogens is 3. The zero-order valence-corrected chi connectivity index (χ0v) is 13.7. The molecule has 0 aromatic heterocycles. The summed E-state index contributed by atoms with van der Waals surface area (Å²) in [6, 6.07) is -1.84. The van der Waals surface area contributed by atoms with Crippen molar-refractivity contribution in [2.75, 3.05) is 13.1 Å². The number of hydrogen-bond acceptors (Lipinski definition) is 2. The van der Waals surface area contributed by atoms with Crippen molar-refractivity contribution in [2.24, 2.45) is 11.3 Å². The van der Waals surface area contributed by atoms with Gasteiger partial charge in [-0.1, -0.05) is 32.4 Å². The molecule has 2 rings (SSSR count). The van der Waals surface area contributed by atoms with Crippen LogP contribution in [0.1, 0.15) is 40.0 Å². The Morgan fingerprint density at radius 1 is 1.26 bits per heavy atom. The smallest absolute Gasteiger partial charge is 0.344 e. The second-order valence-corrected chi connectivity index (χ2v) is 7.25. The standard InChI is InChI=1S/C16H23F3N2O2/c1-15(2,3)10-6-8-21(9-7-10)14(23)11-4-5-12(16(17,18)19)20-13(11)22/h6,11-12H,4-5,7-9H2,1-3H3,(H,20,22)/t11-,12-/m0/s1. The highest BCUT2D eigenvalue weighted by atomic mass is 19.4. The average Bonchev–Trinajstić information content (AvgIpc) is 2.45. The fourth-order valence-electron chi connectivity index (χ4n) is 3.06. The van der Waals surface area contributed by atoms with Crippen LogP contribution in [0.5, 0.6) is 0 Å². The van der Waals surface area contributed by atoms with Crippen LogP contribution < -0.4 is 5.32 Å². The maximum Gasteiger partial charge on any atom is 0.408 e. The van der Waals surface area contributed by atoms with Crippen molar-refractivity contribution in [3.05, 3.63) is 11.6 Å². The molecule has 1 N–H and O–H groups in total. The van der Waals surface area contributed by atoms with E-state index in [1.54, 1.807) is 4.90 Å². The summed E-state index contributed by atoms with van der Waals surface area (Å²) in [6.07, 6.45) is -2.04. The van der Waals surface area contributed by atoms with Crippen LogP contribution >= 0.6 is 0 Å². The predicted octanol–water partition coefficient (Wildman–Crippen LogP) is 2.65. The molecular weight excluding hydrogens is 309 g/mol. The Balaban J connectivity index is 1.98. The van der Waals surface area contributed by atoms with E-state index in [0.29, 0.717) is 13.1 Å². The molecule has 0 saturated carbocycles. The number of nitrogens with one attached hydrogen (secondary N) is 1. The van der Waals surface area contributed by atoms with Gasteiger partial charge in [0.2, 0.25) is 11.8 Å². The van der Waals surface area contributed by atoms with Gasteiger partial charge >= 0.3 is 6.18 Å². The van der Waals surface area contributed by atoms with E-state index in [9.17, 15) is 22.8 Å². The van der Waals surface area contributed by atoms with Gasteiger partial charge in [-0.2, -0.15) is 13.2 Å². The van der Waals surface area contributed by atoms with Gasteiger partial charge in [0.05, 0.1) is 0 Å². The van der Waals surface area contributed by atoms with E-state index >= 15 is 0 Å². The van der Waals surface area contributed by atoms with Crippen molar-refractivity contribution in [1.29, 1.82) is 0 Å². The minimum absolute atomic E-state index is 0.0390. The Labute approximate surface area is 134 Å². The molecule has 0 bridgehead atoms. The first-order valence-electron chi connectivity index (χ1n) is 7.85. The van der Waals surface area contributed by atoms with E-state index in [1.807, 2.05) is 11.4 Å². The van der Waals surface area contributed by atoms with Crippen LogP contribution in [0.25, 0.3) is 0 Å². The predicted molar refractivity (Wildman–Crippen MR) is 79.4 cm³/mol. The lowest BCUT2D eigenvalue weighted by Crippen LogP contribution is -2.55. The molecule has 0 spiro atoms. The Kier molecular flexibility index (Phi) is 4.78.